The largest absolute Gasteiger partial charge is 0.339 e. The quantitative estimate of drug-likeness (QED) is 0.851. The molecule has 1 N–H and O–H groups in total. The number of urea groups is 1. The Hall–Kier alpha value is -2.44. The molecule has 0 spiro atoms. The van der Waals surface area contributed by atoms with Crippen LogP contribution in [0.5, 0.6) is 0 Å². The average molecular weight is 320 g/mol. The number of carbonyl (C=O) groups is 1. The monoisotopic (exact) mass is 320 g/mol. The average Bonchev–Trinajstić information content (AvgIpc) is 2.99. The number of aryl methyl sites for hydroxylation is 1. The third-order valence-corrected chi connectivity index (χ3v) is 3.36. The van der Waals surface area contributed by atoms with Crippen LogP contribution in [0.4, 0.5) is 9.18 Å². The molecule has 0 fully saturated rings. The molecule has 0 unspecified atom stereocenters. The molecule has 0 aliphatic carbocycles. The number of carbonyl (C=O) groups excluding carboxylic acids is 1. The second kappa shape index (κ2) is 8.26. The minimum atomic E-state index is -0.335. The van der Waals surface area contributed by atoms with Crippen molar-refractivity contribution in [3.8, 4) is 0 Å². The molecule has 2 amide bonds. The van der Waals surface area contributed by atoms with E-state index >= 15 is 0 Å². The summed E-state index contributed by atoms with van der Waals surface area (Å²) in [6.07, 6.45) is 1.64. The summed E-state index contributed by atoms with van der Waals surface area (Å²) >= 11 is 0. The maximum atomic E-state index is 13.5. The number of nitrogens with zero attached hydrogens (tertiary/aromatic N) is 3. The predicted molar refractivity (Wildman–Crippen MR) is 83.0 cm³/mol. The van der Waals surface area contributed by atoms with Gasteiger partial charge in [0.2, 0.25) is 5.89 Å². The van der Waals surface area contributed by atoms with Gasteiger partial charge in [-0.25, -0.2) is 9.18 Å². The fourth-order valence-electron chi connectivity index (χ4n) is 2.09. The van der Waals surface area contributed by atoms with Crippen molar-refractivity contribution < 1.29 is 13.7 Å². The van der Waals surface area contributed by atoms with Gasteiger partial charge in [0.1, 0.15) is 5.82 Å². The van der Waals surface area contributed by atoms with Gasteiger partial charge in [-0.2, -0.15) is 4.98 Å². The Morgan fingerprint density at radius 3 is 2.83 bits per heavy atom. The summed E-state index contributed by atoms with van der Waals surface area (Å²) in [5.74, 6) is 0.708. The van der Waals surface area contributed by atoms with Crippen LogP contribution in [0, 0.1) is 5.82 Å². The fraction of sp³-hybridized carbons (Fsp3) is 0.438. The summed E-state index contributed by atoms with van der Waals surface area (Å²) < 4.78 is 18.7. The van der Waals surface area contributed by atoms with Gasteiger partial charge >= 0.3 is 6.03 Å². The van der Waals surface area contributed by atoms with E-state index in [4.69, 9.17) is 4.52 Å². The van der Waals surface area contributed by atoms with Crippen LogP contribution in [0.2, 0.25) is 0 Å². The van der Waals surface area contributed by atoms with Gasteiger partial charge in [0.05, 0.1) is 6.54 Å². The molecule has 1 aromatic carbocycles. The number of aromatic nitrogens is 2. The van der Waals surface area contributed by atoms with Crippen molar-refractivity contribution in [2.24, 2.45) is 0 Å². The Morgan fingerprint density at radius 2 is 2.13 bits per heavy atom. The number of nitrogens with one attached hydrogen (secondary N) is 1. The number of halogens is 1. The molecule has 6 nitrogen and oxygen atoms in total. The SMILES string of the molecule is CCCc1nc(CN(CC)C(=O)NCc2ccccc2F)no1. The maximum absolute atomic E-state index is 13.5. The molecular formula is C16H21FN4O2. The smallest absolute Gasteiger partial charge is 0.318 e. The van der Waals surface area contributed by atoms with Crippen molar-refractivity contribution in [3.05, 3.63) is 47.4 Å². The summed E-state index contributed by atoms with van der Waals surface area (Å²) in [5, 5.41) is 6.57. The second-order valence-electron chi connectivity index (χ2n) is 5.12. The van der Waals surface area contributed by atoms with Crippen molar-refractivity contribution in [1.82, 2.24) is 20.4 Å². The number of hydrogen-bond donors (Lipinski definition) is 1. The van der Waals surface area contributed by atoms with Crippen molar-refractivity contribution in [3.63, 3.8) is 0 Å². The third-order valence-electron chi connectivity index (χ3n) is 3.36. The van der Waals surface area contributed by atoms with Crippen molar-refractivity contribution in [2.75, 3.05) is 6.54 Å². The summed E-state index contributed by atoms with van der Waals surface area (Å²) in [6, 6.07) is 6.06. The molecule has 1 aromatic heterocycles. The maximum Gasteiger partial charge on any atom is 0.318 e. The molecule has 0 saturated carbocycles. The summed E-state index contributed by atoms with van der Waals surface area (Å²) in [7, 11) is 0. The molecule has 0 radical (unpaired) electrons. The lowest BCUT2D eigenvalue weighted by atomic mass is 10.2. The Balaban J connectivity index is 1.91. The number of amides is 2. The third kappa shape index (κ3) is 4.77. The van der Waals surface area contributed by atoms with Gasteiger partial charge in [-0.3, -0.25) is 0 Å². The Morgan fingerprint density at radius 1 is 1.35 bits per heavy atom. The second-order valence-corrected chi connectivity index (χ2v) is 5.12. The number of hydrogen-bond acceptors (Lipinski definition) is 4. The number of rotatable bonds is 7. The molecule has 0 atom stereocenters. The topological polar surface area (TPSA) is 71.3 Å². The van der Waals surface area contributed by atoms with Crippen LogP contribution in [-0.4, -0.2) is 27.6 Å². The highest BCUT2D eigenvalue weighted by Gasteiger charge is 2.16. The van der Waals surface area contributed by atoms with Crippen LogP contribution < -0.4 is 5.32 Å². The molecule has 1 heterocycles. The van der Waals surface area contributed by atoms with E-state index in [1.807, 2.05) is 13.8 Å². The molecule has 0 bridgehead atoms. The molecule has 0 aliphatic heterocycles. The lowest BCUT2D eigenvalue weighted by Gasteiger charge is -2.19. The van der Waals surface area contributed by atoms with Gasteiger partial charge in [-0.1, -0.05) is 30.3 Å². The van der Waals surface area contributed by atoms with E-state index in [1.54, 1.807) is 23.1 Å². The van der Waals surface area contributed by atoms with Crippen LogP contribution in [-0.2, 0) is 19.5 Å². The summed E-state index contributed by atoms with van der Waals surface area (Å²) in [4.78, 5) is 18.0. The van der Waals surface area contributed by atoms with Crippen LogP contribution in [0.25, 0.3) is 0 Å². The molecule has 124 valence electrons. The van der Waals surface area contributed by atoms with Gasteiger partial charge in [0.25, 0.3) is 0 Å². The first kappa shape index (κ1) is 16.9. The van der Waals surface area contributed by atoms with Crippen LogP contribution in [0.3, 0.4) is 0 Å². The van der Waals surface area contributed by atoms with Crippen LogP contribution in [0.15, 0.2) is 28.8 Å². The fourth-order valence-corrected chi connectivity index (χ4v) is 2.09. The van der Waals surface area contributed by atoms with Crippen LogP contribution >= 0.6 is 0 Å². The van der Waals surface area contributed by atoms with Crippen LogP contribution in [0.1, 0.15) is 37.5 Å². The van der Waals surface area contributed by atoms with Crippen molar-refractivity contribution in [2.45, 2.75) is 39.8 Å². The van der Waals surface area contributed by atoms with E-state index in [0.717, 1.165) is 12.8 Å². The van der Waals surface area contributed by atoms with Gasteiger partial charge in [0, 0.05) is 25.1 Å². The summed E-state index contributed by atoms with van der Waals surface area (Å²) in [6.45, 7) is 4.76. The van der Waals surface area contributed by atoms with E-state index in [9.17, 15) is 9.18 Å². The molecule has 2 aromatic rings. The van der Waals surface area contributed by atoms with Gasteiger partial charge < -0.3 is 14.7 Å². The lowest BCUT2D eigenvalue weighted by molar-refractivity contribution is 0.195. The molecule has 0 aliphatic rings. The molecular weight excluding hydrogens is 299 g/mol. The van der Waals surface area contributed by atoms with Gasteiger partial charge in [-0.05, 0) is 19.4 Å². The molecule has 23 heavy (non-hydrogen) atoms. The Kier molecular flexibility index (Phi) is 6.08. The van der Waals surface area contributed by atoms with E-state index in [0.29, 0.717) is 23.8 Å². The number of benzene rings is 1. The predicted octanol–water partition coefficient (Wildman–Crippen LogP) is 2.89. The lowest BCUT2D eigenvalue weighted by Crippen LogP contribution is -2.39. The molecule has 7 heteroatoms. The van der Waals surface area contributed by atoms with E-state index in [1.165, 1.54) is 6.07 Å². The molecule has 2 rings (SSSR count). The highest BCUT2D eigenvalue weighted by molar-refractivity contribution is 5.74. The Bertz CT molecular complexity index is 645. The van der Waals surface area contributed by atoms with E-state index < -0.39 is 0 Å². The first-order valence-electron chi connectivity index (χ1n) is 7.71. The van der Waals surface area contributed by atoms with E-state index in [-0.39, 0.29) is 24.9 Å². The van der Waals surface area contributed by atoms with Gasteiger partial charge in [0.15, 0.2) is 5.82 Å². The van der Waals surface area contributed by atoms with Crippen molar-refractivity contribution in [1.29, 1.82) is 0 Å². The Labute approximate surface area is 134 Å². The zero-order chi connectivity index (χ0) is 16.7. The van der Waals surface area contributed by atoms with Crippen molar-refractivity contribution >= 4 is 6.03 Å². The summed E-state index contributed by atoms with van der Waals surface area (Å²) in [5.41, 5.74) is 0.446. The normalized spacial score (nSPS) is 10.6. The minimum Gasteiger partial charge on any atom is -0.339 e. The first-order valence-corrected chi connectivity index (χ1v) is 7.71. The first-order chi connectivity index (χ1) is 11.1. The highest BCUT2D eigenvalue weighted by atomic mass is 19.1. The standard InChI is InChI=1S/C16H21FN4O2/c1-3-7-15-19-14(20-23-15)11-21(4-2)16(22)18-10-12-8-5-6-9-13(12)17/h5-6,8-9H,3-4,7,10-11H2,1-2H3,(H,18,22). The van der Waals surface area contributed by atoms with E-state index in [2.05, 4.69) is 15.5 Å². The minimum absolute atomic E-state index is 0.134. The zero-order valence-electron chi connectivity index (χ0n) is 13.4. The molecule has 0 saturated heterocycles. The van der Waals surface area contributed by atoms with Gasteiger partial charge in [-0.15, -0.1) is 0 Å². The highest BCUT2D eigenvalue weighted by Crippen LogP contribution is 2.07. The zero-order valence-corrected chi connectivity index (χ0v) is 13.4.